The van der Waals surface area contributed by atoms with Crippen LogP contribution < -0.4 is 14.9 Å². The van der Waals surface area contributed by atoms with Crippen molar-refractivity contribution in [3.8, 4) is 0 Å². The first kappa shape index (κ1) is 46.6. The van der Waals surface area contributed by atoms with Crippen molar-refractivity contribution in [2.24, 2.45) is 0 Å². The second-order valence-electron chi connectivity index (χ2n) is 16.7. The van der Waals surface area contributed by atoms with E-state index in [4.69, 9.17) is 88.6 Å². The molecular weight excluding hydrogens is 1070 g/mol. The molecule has 2 fully saturated rings. The standard InChI is InChI=1S/C47H41Cl9NPSi5/c1-35(2)40-33-43(45(36-21-9-3-10-22-36)37-23-11-4-12-24-37)47(44(34-40)46(38-25-13-5-14-26-38)39-27-15-6-16-28-39)57-58(41-29-17-7-18-30-41,42-31-19-8-20-32-42)63(57,56)61(52,53)59(48,49)60(50,51)62(63,54)55/h3-35,45-46H,1-2H3. The van der Waals surface area contributed by atoms with Crippen LogP contribution in [-0.4, -0.2) is 28.4 Å². The van der Waals surface area contributed by atoms with Gasteiger partial charge in [0.15, 0.2) is 0 Å². The summed E-state index contributed by atoms with van der Waals surface area (Å²) in [5.74, 6) is -0.511. The molecule has 0 unspecified atom stereocenters. The topological polar surface area (TPSA) is 3.01 Å². The Hall–Kier alpha value is -1.54. The SMILES string of the molecule is CC(C)c1cc(C(c2ccccc2)c2ccccc2)c(N2[P+](c3ccccc3)(c3ccccc3)[Si-]23(Cl)[Si](Cl)(Cl)[Si](Cl)(Cl)[Si](Cl)(Cl)[Si]3(Cl)Cl)c(C(c2ccccc2)c2ccccc2)c1. The first-order valence-corrected chi connectivity index (χ1v) is 47.7. The van der Waals surface area contributed by atoms with Gasteiger partial charge in [0.2, 0.25) is 0 Å². The van der Waals surface area contributed by atoms with Gasteiger partial charge in [-0.2, -0.15) is 0 Å². The number of benzene rings is 7. The molecule has 2 heterocycles. The monoisotopic (exact) mass is 1100 g/mol. The van der Waals surface area contributed by atoms with Crippen molar-refractivity contribution >= 4 is 151 Å². The van der Waals surface area contributed by atoms with Gasteiger partial charge in [-0.15, -0.1) is 0 Å². The molecule has 16 heteroatoms. The van der Waals surface area contributed by atoms with Crippen LogP contribution in [-0.2, 0) is 0 Å². The fourth-order valence-corrected chi connectivity index (χ4v) is 340. The maximum atomic E-state index is 9.27. The van der Waals surface area contributed by atoms with E-state index in [9.17, 15) is 11.1 Å². The second-order valence-corrected chi connectivity index (χ2v) is 101. The molecule has 2 aliphatic heterocycles. The molecule has 2 aliphatic rings. The number of nitrogens with zero attached hydrogens (tertiary/aromatic N) is 1. The van der Waals surface area contributed by atoms with Crippen molar-refractivity contribution in [2.75, 3.05) is 4.34 Å². The van der Waals surface area contributed by atoms with Crippen molar-refractivity contribution < 1.29 is 0 Å². The van der Waals surface area contributed by atoms with Crippen molar-refractivity contribution in [3.63, 3.8) is 0 Å². The van der Waals surface area contributed by atoms with Gasteiger partial charge in [-0.25, -0.2) is 0 Å². The summed E-state index contributed by atoms with van der Waals surface area (Å²) in [5, 5.41) is 1.84. The molecule has 0 atom stereocenters. The van der Waals surface area contributed by atoms with E-state index in [1.165, 1.54) is 0 Å². The third-order valence-corrected chi connectivity index (χ3v) is 205. The van der Waals surface area contributed by atoms with Crippen LogP contribution in [0.4, 0.5) is 5.69 Å². The summed E-state index contributed by atoms with van der Waals surface area (Å²) >= 11 is 73.6. The number of rotatable bonds is 10. The molecule has 0 bridgehead atoms. The van der Waals surface area contributed by atoms with Gasteiger partial charge in [0.05, 0.1) is 0 Å². The number of anilines is 1. The summed E-state index contributed by atoms with van der Waals surface area (Å²) in [6, 6.07) is 67.5. The molecule has 63 heavy (non-hydrogen) atoms. The Labute approximate surface area is 416 Å². The summed E-state index contributed by atoms with van der Waals surface area (Å²) in [5.41, 5.74) is -14.2. The third-order valence-electron chi connectivity index (χ3n) is 13.0. The predicted octanol–water partition coefficient (Wildman–Crippen LogP) is 15.8. The van der Waals surface area contributed by atoms with E-state index in [0.717, 1.165) is 55.2 Å². The fraction of sp³-hybridized carbons (Fsp3) is 0.106. The van der Waals surface area contributed by atoms with Crippen LogP contribution in [0, 0.1) is 0 Å². The minimum absolute atomic E-state index is 0.123. The molecule has 7 aromatic carbocycles. The van der Waals surface area contributed by atoms with Gasteiger partial charge in [0, 0.05) is 0 Å². The van der Waals surface area contributed by atoms with E-state index < -0.39 is 35.4 Å². The average Bonchev–Trinajstić information content (AvgIpc) is 3.85. The molecule has 0 amide bonds. The van der Waals surface area contributed by atoms with Crippen LogP contribution >= 0.6 is 107 Å². The Kier molecular flexibility index (Phi) is 12.5. The summed E-state index contributed by atoms with van der Waals surface area (Å²) in [6.07, 6.45) is 0. The summed E-state index contributed by atoms with van der Waals surface area (Å²) < 4.78 is 2.41. The van der Waals surface area contributed by atoms with Gasteiger partial charge < -0.3 is 0 Å². The van der Waals surface area contributed by atoms with Crippen molar-refractivity contribution in [1.29, 1.82) is 0 Å². The van der Waals surface area contributed by atoms with Gasteiger partial charge >= 0.3 is 420 Å². The van der Waals surface area contributed by atoms with Crippen LogP contribution in [0.25, 0.3) is 0 Å². The Morgan fingerprint density at radius 3 is 0.952 bits per heavy atom. The Balaban J connectivity index is 1.58. The van der Waals surface area contributed by atoms with E-state index in [1.807, 2.05) is 60.7 Å². The summed E-state index contributed by atoms with van der Waals surface area (Å²) in [4.78, 5) is 0. The molecule has 0 N–H and O–H groups in total. The average molecular weight is 1110 g/mol. The second kappa shape index (κ2) is 16.9. The van der Waals surface area contributed by atoms with E-state index in [2.05, 4.69) is 152 Å². The molecule has 1 spiro atoms. The molecule has 7 aromatic rings. The molecule has 0 saturated carbocycles. The van der Waals surface area contributed by atoms with Gasteiger partial charge in [-0.05, 0) is 0 Å². The van der Waals surface area contributed by atoms with E-state index in [1.54, 1.807) is 0 Å². The normalized spacial score (nSPS) is 20.1. The molecule has 2 saturated heterocycles. The Morgan fingerprint density at radius 1 is 0.413 bits per heavy atom. The first-order chi connectivity index (χ1) is 30.0. The number of halogens is 9. The predicted molar refractivity (Wildman–Crippen MR) is 291 cm³/mol. The van der Waals surface area contributed by atoms with Crippen LogP contribution in [0.3, 0.4) is 0 Å². The zero-order chi connectivity index (χ0) is 44.7. The van der Waals surface area contributed by atoms with Crippen LogP contribution in [0.1, 0.15) is 70.5 Å². The zero-order valence-corrected chi connectivity index (χ0v) is 46.7. The molecule has 0 aliphatic carbocycles. The number of hydrogen-bond donors (Lipinski definition) is 0. The third kappa shape index (κ3) is 6.28. The molecular formula is C47H41Cl9NPSi5. The van der Waals surface area contributed by atoms with Crippen molar-refractivity contribution in [1.82, 2.24) is 0 Å². The fourth-order valence-electron chi connectivity index (χ4n) is 10.1. The first-order valence-electron chi connectivity index (χ1n) is 20.6. The van der Waals surface area contributed by atoms with Crippen molar-refractivity contribution in [2.45, 2.75) is 31.6 Å². The number of hydrogen-bond acceptors (Lipinski definition) is 1. The molecule has 1 nitrogen and oxygen atoms in total. The van der Waals surface area contributed by atoms with Crippen LogP contribution in [0.2, 0.25) is 0 Å². The molecule has 9 rings (SSSR count). The summed E-state index contributed by atoms with van der Waals surface area (Å²) in [6.45, 7) is 1.08. The van der Waals surface area contributed by atoms with Gasteiger partial charge in [-0.3, -0.25) is 0 Å². The zero-order valence-electron chi connectivity index (χ0n) is 34.0. The Bertz CT molecular complexity index is 2530. The molecule has 0 aromatic heterocycles. The van der Waals surface area contributed by atoms with Crippen LogP contribution in [0.5, 0.6) is 0 Å². The van der Waals surface area contributed by atoms with E-state index >= 15 is 0 Å². The van der Waals surface area contributed by atoms with Gasteiger partial charge in [0.1, 0.15) is 0 Å². The quantitative estimate of drug-likeness (QED) is 0.0434. The van der Waals surface area contributed by atoms with E-state index in [0.29, 0.717) is 0 Å². The molecule has 0 radical (unpaired) electrons. The van der Waals surface area contributed by atoms with E-state index in [-0.39, 0.29) is 17.8 Å². The minimum atomic E-state index is -5.39. The Morgan fingerprint density at radius 2 is 0.683 bits per heavy atom. The van der Waals surface area contributed by atoms with Gasteiger partial charge in [-0.1, -0.05) is 0 Å². The van der Waals surface area contributed by atoms with Crippen molar-refractivity contribution in [3.05, 3.63) is 233 Å². The maximum absolute atomic E-state index is 9.27. The summed E-state index contributed by atoms with van der Waals surface area (Å²) in [7, 11) is 0. The van der Waals surface area contributed by atoms with Crippen LogP contribution in [0.15, 0.2) is 194 Å². The molecule has 322 valence electrons. The van der Waals surface area contributed by atoms with Gasteiger partial charge in [0.25, 0.3) is 0 Å².